The Balaban J connectivity index is 1.85. The predicted octanol–water partition coefficient (Wildman–Crippen LogP) is 7.11. The molecular weight excluding hydrogens is 364 g/mol. The zero-order chi connectivity index (χ0) is 19.3. The van der Waals surface area contributed by atoms with Crippen molar-refractivity contribution < 1.29 is 0 Å². The van der Waals surface area contributed by atoms with Gasteiger partial charge in [-0.25, -0.2) is 0 Å². The van der Waals surface area contributed by atoms with E-state index in [1.807, 2.05) is 18.3 Å². The van der Waals surface area contributed by atoms with Crippen molar-refractivity contribution in [3.8, 4) is 0 Å². The van der Waals surface area contributed by atoms with Gasteiger partial charge in [-0.1, -0.05) is 47.0 Å². The van der Waals surface area contributed by atoms with Gasteiger partial charge in [0.25, 0.3) is 0 Å². The number of fused-ring (bicyclic) bond motifs is 2. The van der Waals surface area contributed by atoms with Gasteiger partial charge in [0.1, 0.15) is 0 Å². The molecule has 3 aromatic carbocycles. The van der Waals surface area contributed by atoms with Crippen LogP contribution in [0.1, 0.15) is 27.8 Å². The van der Waals surface area contributed by atoms with Gasteiger partial charge in [0, 0.05) is 50.6 Å². The largest absolute Gasteiger partial charge is 0.361 e. The van der Waals surface area contributed by atoms with Crippen molar-refractivity contribution in [2.45, 2.75) is 13.8 Å². The van der Waals surface area contributed by atoms with Gasteiger partial charge >= 0.3 is 0 Å². The summed E-state index contributed by atoms with van der Waals surface area (Å²) in [5, 5.41) is 1.95. The summed E-state index contributed by atoms with van der Waals surface area (Å²) in [6.07, 6.45) is 4.09. The molecule has 3 heteroatoms. The SMILES string of the molecule is Cc1ccc2c(c1)C(=C(c1ccc(Cl)cc1)c1c[nH]c3ccc(C)cc13)C=N2. The molecule has 0 atom stereocenters. The van der Waals surface area contributed by atoms with Crippen LogP contribution >= 0.6 is 11.6 Å². The van der Waals surface area contributed by atoms with Crippen molar-refractivity contribution >= 4 is 45.6 Å². The number of halogens is 1. The first-order valence-electron chi connectivity index (χ1n) is 9.33. The zero-order valence-corrected chi connectivity index (χ0v) is 16.5. The van der Waals surface area contributed by atoms with E-state index in [0.29, 0.717) is 0 Å². The molecule has 0 bridgehead atoms. The highest BCUT2D eigenvalue weighted by Crippen LogP contribution is 2.41. The summed E-state index contributed by atoms with van der Waals surface area (Å²) in [6.45, 7) is 4.24. The van der Waals surface area contributed by atoms with Crippen molar-refractivity contribution in [3.63, 3.8) is 0 Å². The molecule has 0 fully saturated rings. The minimum absolute atomic E-state index is 0.735. The maximum absolute atomic E-state index is 6.17. The molecule has 4 aromatic rings. The number of hydrogen-bond acceptors (Lipinski definition) is 1. The molecule has 1 aromatic heterocycles. The quantitative estimate of drug-likeness (QED) is 0.382. The van der Waals surface area contributed by atoms with Crippen LogP contribution in [-0.4, -0.2) is 11.2 Å². The number of rotatable bonds is 2. The third-order valence-electron chi connectivity index (χ3n) is 5.28. The van der Waals surface area contributed by atoms with Gasteiger partial charge in [0.15, 0.2) is 0 Å². The molecule has 5 rings (SSSR count). The monoisotopic (exact) mass is 382 g/mol. The lowest BCUT2D eigenvalue weighted by Gasteiger charge is -2.13. The lowest BCUT2D eigenvalue weighted by atomic mass is 9.89. The van der Waals surface area contributed by atoms with Gasteiger partial charge in [-0.15, -0.1) is 0 Å². The molecule has 0 aliphatic carbocycles. The summed E-state index contributed by atoms with van der Waals surface area (Å²) in [5.41, 5.74) is 10.4. The Labute approximate surface area is 169 Å². The molecule has 136 valence electrons. The third kappa shape index (κ3) is 2.78. The molecule has 1 aliphatic heterocycles. The normalized spacial score (nSPS) is 14.5. The Bertz CT molecular complexity index is 1270. The Kier molecular flexibility index (Phi) is 3.96. The molecule has 2 nitrogen and oxygen atoms in total. The van der Waals surface area contributed by atoms with E-state index in [0.717, 1.165) is 27.4 Å². The average molecular weight is 383 g/mol. The molecular formula is C25H19ClN2. The number of aryl methyl sites for hydroxylation is 2. The summed E-state index contributed by atoms with van der Waals surface area (Å²) in [5.74, 6) is 0. The van der Waals surface area contributed by atoms with Crippen LogP contribution in [0.4, 0.5) is 5.69 Å². The minimum atomic E-state index is 0.735. The topological polar surface area (TPSA) is 28.1 Å². The molecule has 2 heterocycles. The Morgan fingerprint density at radius 1 is 0.893 bits per heavy atom. The molecule has 0 saturated carbocycles. The first-order chi connectivity index (χ1) is 13.6. The maximum Gasteiger partial charge on any atom is 0.0709 e. The number of aromatic nitrogens is 1. The van der Waals surface area contributed by atoms with Gasteiger partial charge in [0.2, 0.25) is 0 Å². The van der Waals surface area contributed by atoms with E-state index in [-0.39, 0.29) is 0 Å². The number of benzene rings is 3. The van der Waals surface area contributed by atoms with Crippen molar-refractivity contribution in [1.29, 1.82) is 0 Å². The Hall–Kier alpha value is -3.10. The van der Waals surface area contributed by atoms with Gasteiger partial charge in [0.05, 0.1) is 5.69 Å². The van der Waals surface area contributed by atoms with E-state index in [9.17, 15) is 0 Å². The maximum atomic E-state index is 6.17. The molecule has 0 radical (unpaired) electrons. The van der Waals surface area contributed by atoms with Crippen molar-refractivity contribution in [2.24, 2.45) is 4.99 Å². The summed E-state index contributed by atoms with van der Waals surface area (Å²) >= 11 is 6.17. The second-order valence-electron chi connectivity index (χ2n) is 7.33. The fourth-order valence-corrected chi connectivity index (χ4v) is 4.02. The number of hydrogen-bond donors (Lipinski definition) is 1. The predicted molar refractivity (Wildman–Crippen MR) is 120 cm³/mol. The van der Waals surface area contributed by atoms with Gasteiger partial charge in [-0.2, -0.15) is 0 Å². The molecule has 0 saturated heterocycles. The van der Waals surface area contributed by atoms with E-state index in [2.05, 4.69) is 78.6 Å². The fourth-order valence-electron chi connectivity index (χ4n) is 3.89. The summed E-state index contributed by atoms with van der Waals surface area (Å²) in [6, 6.07) is 21.0. The highest BCUT2D eigenvalue weighted by Gasteiger charge is 2.21. The van der Waals surface area contributed by atoms with Crippen LogP contribution in [0, 0.1) is 13.8 Å². The van der Waals surface area contributed by atoms with Crippen molar-refractivity contribution in [2.75, 3.05) is 0 Å². The Morgan fingerprint density at radius 2 is 1.64 bits per heavy atom. The van der Waals surface area contributed by atoms with Crippen molar-refractivity contribution in [1.82, 2.24) is 4.98 Å². The summed E-state index contributed by atoms with van der Waals surface area (Å²) in [4.78, 5) is 8.11. The number of aromatic amines is 1. The number of H-pyrrole nitrogens is 1. The van der Waals surface area contributed by atoms with E-state index in [1.165, 1.54) is 33.2 Å². The minimum Gasteiger partial charge on any atom is -0.361 e. The lowest BCUT2D eigenvalue weighted by Crippen LogP contribution is -1.94. The van der Waals surface area contributed by atoms with Crippen LogP contribution < -0.4 is 0 Å². The van der Waals surface area contributed by atoms with Crippen LogP contribution in [0.15, 0.2) is 71.9 Å². The van der Waals surface area contributed by atoms with E-state index < -0.39 is 0 Å². The smallest absolute Gasteiger partial charge is 0.0709 e. The first-order valence-corrected chi connectivity index (χ1v) is 9.71. The Morgan fingerprint density at radius 3 is 2.46 bits per heavy atom. The van der Waals surface area contributed by atoms with Crippen LogP contribution in [-0.2, 0) is 0 Å². The van der Waals surface area contributed by atoms with E-state index in [4.69, 9.17) is 11.6 Å². The zero-order valence-electron chi connectivity index (χ0n) is 15.8. The molecule has 0 spiro atoms. The van der Waals surface area contributed by atoms with E-state index in [1.54, 1.807) is 0 Å². The van der Waals surface area contributed by atoms with Gasteiger partial charge in [-0.3, -0.25) is 4.99 Å². The summed E-state index contributed by atoms with van der Waals surface area (Å²) in [7, 11) is 0. The fraction of sp³-hybridized carbons (Fsp3) is 0.0800. The molecule has 1 aliphatic rings. The highest BCUT2D eigenvalue weighted by atomic mass is 35.5. The number of allylic oxidation sites excluding steroid dienone is 1. The van der Waals surface area contributed by atoms with Crippen molar-refractivity contribution in [3.05, 3.63) is 99.7 Å². The standard InChI is InChI=1S/C25H19ClN2/c1-15-3-9-23-19(11-15)21(13-27-23)25(17-5-7-18(26)8-6-17)22-14-28-24-10-4-16(2)12-20(22)24/h3-14,27H,1-2H3. The van der Waals surface area contributed by atoms with Crippen LogP contribution in [0.25, 0.3) is 22.0 Å². The third-order valence-corrected chi connectivity index (χ3v) is 5.54. The number of aliphatic imine (C=N–C) groups is 1. The van der Waals surface area contributed by atoms with E-state index >= 15 is 0 Å². The average Bonchev–Trinajstić information content (AvgIpc) is 3.28. The molecule has 0 amide bonds. The van der Waals surface area contributed by atoms with Crippen LogP contribution in [0.3, 0.4) is 0 Å². The van der Waals surface area contributed by atoms with Gasteiger partial charge in [-0.05, 0) is 55.8 Å². The van der Waals surface area contributed by atoms with Crippen LogP contribution in [0.5, 0.6) is 0 Å². The van der Waals surface area contributed by atoms with Gasteiger partial charge < -0.3 is 4.98 Å². The summed E-state index contributed by atoms with van der Waals surface area (Å²) < 4.78 is 0. The highest BCUT2D eigenvalue weighted by molar-refractivity contribution is 6.31. The second-order valence-corrected chi connectivity index (χ2v) is 7.76. The second kappa shape index (κ2) is 6.50. The molecule has 0 unspecified atom stereocenters. The number of nitrogens with one attached hydrogen (secondary N) is 1. The van der Waals surface area contributed by atoms with Crippen LogP contribution in [0.2, 0.25) is 5.02 Å². The number of nitrogens with zero attached hydrogens (tertiary/aromatic N) is 1. The molecule has 28 heavy (non-hydrogen) atoms. The lowest BCUT2D eigenvalue weighted by molar-refractivity contribution is 1.43. The first kappa shape index (κ1) is 17.0. The molecule has 1 N–H and O–H groups in total.